The van der Waals surface area contributed by atoms with Gasteiger partial charge in [0.05, 0.1) is 0 Å². The fourth-order valence-electron chi connectivity index (χ4n) is 6.60. The maximum Gasteiger partial charge on any atom is 0.210 e. The molecular formula is C47H51N5OPt-2. The Kier molecular flexibility index (Phi) is 10.1. The van der Waals surface area contributed by atoms with E-state index < -0.39 is 0 Å². The summed E-state index contributed by atoms with van der Waals surface area (Å²) in [5.41, 5.74) is 7.23. The second kappa shape index (κ2) is 13.9. The van der Waals surface area contributed by atoms with E-state index in [4.69, 9.17) is 14.8 Å². The monoisotopic (exact) mass is 896 g/mol. The molecule has 3 aromatic heterocycles. The van der Waals surface area contributed by atoms with Gasteiger partial charge in [-0.25, -0.2) is 4.98 Å². The van der Waals surface area contributed by atoms with Crippen LogP contribution < -0.4 is 9.30 Å². The van der Waals surface area contributed by atoms with Gasteiger partial charge < -0.3 is 13.9 Å². The van der Waals surface area contributed by atoms with Crippen molar-refractivity contribution in [3.05, 3.63) is 132 Å². The van der Waals surface area contributed by atoms with E-state index >= 15 is 0 Å². The first-order valence-corrected chi connectivity index (χ1v) is 18.5. The van der Waals surface area contributed by atoms with Crippen molar-refractivity contribution in [3.63, 3.8) is 0 Å². The minimum atomic E-state index is -0.250. The van der Waals surface area contributed by atoms with Gasteiger partial charge in [-0.1, -0.05) is 125 Å². The van der Waals surface area contributed by atoms with Gasteiger partial charge in [-0.15, -0.1) is 29.7 Å². The summed E-state index contributed by atoms with van der Waals surface area (Å²) < 4.78 is 12.6. The van der Waals surface area contributed by atoms with E-state index in [-0.39, 0.29) is 42.7 Å². The molecule has 0 saturated carbocycles. The summed E-state index contributed by atoms with van der Waals surface area (Å²) in [5, 5.41) is 7.34. The summed E-state index contributed by atoms with van der Waals surface area (Å²) in [6.07, 6.45) is 5.46. The molecule has 0 unspecified atom stereocenters. The molecule has 7 aromatic rings. The molecule has 7 rings (SSSR count). The van der Waals surface area contributed by atoms with E-state index in [9.17, 15) is 0 Å². The van der Waals surface area contributed by atoms with Gasteiger partial charge in [-0.05, 0) is 67.3 Å². The zero-order valence-corrected chi connectivity index (χ0v) is 35.9. The van der Waals surface area contributed by atoms with Crippen LogP contribution in [-0.2, 0) is 42.7 Å². The standard InChI is InChI=1S/C47H51N5O.Pt/c1-44(2,3)31-22-23-48-42(27-31)52-40-19-14-13-18-38(40)39-21-20-37(29-41(39)52)53-36-17-15-16-34(28-36)51-30-50(43(49-51)47(10,11)12)35-25-32(45(4,5)6)24-33(26-35)46(7,8)9;/h13-27H,1-12H3;/q-2;. The third-order valence-electron chi connectivity index (χ3n) is 9.78. The molecule has 54 heavy (non-hydrogen) atoms. The van der Waals surface area contributed by atoms with Crippen LogP contribution in [0.2, 0.25) is 0 Å². The molecule has 0 atom stereocenters. The summed E-state index contributed by atoms with van der Waals surface area (Å²) >= 11 is 0. The Morgan fingerprint density at radius 2 is 1.26 bits per heavy atom. The van der Waals surface area contributed by atoms with Gasteiger partial charge in [0.2, 0.25) is 12.2 Å². The number of pyridine rings is 1. The molecule has 0 fully saturated rings. The van der Waals surface area contributed by atoms with E-state index in [1.54, 1.807) is 4.68 Å². The molecule has 3 heterocycles. The predicted octanol–water partition coefficient (Wildman–Crippen LogP) is 11.0. The first-order valence-electron chi connectivity index (χ1n) is 18.5. The second-order valence-corrected chi connectivity index (χ2v) is 18.3. The summed E-state index contributed by atoms with van der Waals surface area (Å²) in [5.74, 6) is 2.90. The van der Waals surface area contributed by atoms with Crippen LogP contribution in [-0.4, -0.2) is 19.3 Å². The van der Waals surface area contributed by atoms with Crippen molar-refractivity contribution < 1.29 is 30.4 Å². The van der Waals surface area contributed by atoms with Gasteiger partial charge in [0.1, 0.15) is 5.82 Å². The quantitative estimate of drug-likeness (QED) is 0.128. The molecule has 0 radical (unpaired) electrons. The van der Waals surface area contributed by atoms with E-state index in [0.717, 1.165) is 44.8 Å². The summed E-state index contributed by atoms with van der Waals surface area (Å²) in [6, 6.07) is 36.6. The fraction of sp³-hybridized carbons (Fsp3) is 0.340. The topological polar surface area (TPSA) is 48.8 Å². The Morgan fingerprint density at radius 1 is 0.611 bits per heavy atom. The van der Waals surface area contributed by atoms with E-state index in [2.05, 4.69) is 171 Å². The van der Waals surface area contributed by atoms with Gasteiger partial charge >= 0.3 is 0 Å². The van der Waals surface area contributed by atoms with E-state index in [1.807, 2.05) is 30.5 Å². The van der Waals surface area contributed by atoms with Crippen molar-refractivity contribution >= 4 is 21.8 Å². The number of aromatic nitrogens is 5. The van der Waals surface area contributed by atoms with Crippen LogP contribution in [0, 0.1) is 18.5 Å². The maximum atomic E-state index is 6.50. The fourth-order valence-corrected chi connectivity index (χ4v) is 6.60. The van der Waals surface area contributed by atoms with Crippen LogP contribution in [0.5, 0.6) is 11.5 Å². The zero-order chi connectivity index (χ0) is 38.1. The second-order valence-electron chi connectivity index (χ2n) is 18.3. The number of hydrogen-bond acceptors (Lipinski definition) is 3. The number of benzene rings is 4. The minimum absolute atomic E-state index is 0. The number of ether oxygens (including phenoxy) is 1. The number of hydrogen-bond donors (Lipinski definition) is 0. The molecule has 6 nitrogen and oxygen atoms in total. The predicted molar refractivity (Wildman–Crippen MR) is 215 cm³/mol. The van der Waals surface area contributed by atoms with E-state index in [0.29, 0.717) is 11.5 Å². The molecular weight excluding hydrogens is 846 g/mol. The summed E-state index contributed by atoms with van der Waals surface area (Å²) in [4.78, 5) is 4.82. The third-order valence-corrected chi connectivity index (χ3v) is 9.78. The molecule has 0 spiro atoms. The minimum Gasteiger partial charge on any atom is -0.510 e. The van der Waals surface area contributed by atoms with Crippen LogP contribution in [0.3, 0.4) is 0 Å². The maximum absolute atomic E-state index is 6.50. The first kappa shape index (κ1) is 39.2. The van der Waals surface area contributed by atoms with Crippen molar-refractivity contribution in [2.24, 2.45) is 0 Å². The van der Waals surface area contributed by atoms with Gasteiger partial charge in [0, 0.05) is 55.4 Å². The molecule has 4 aromatic carbocycles. The molecule has 0 saturated heterocycles. The van der Waals surface area contributed by atoms with Crippen molar-refractivity contribution in [3.8, 4) is 28.7 Å². The number of para-hydroxylation sites is 1. The molecule has 0 amide bonds. The van der Waals surface area contributed by atoms with Crippen LogP contribution >= 0.6 is 0 Å². The summed E-state index contributed by atoms with van der Waals surface area (Å²) in [6.45, 7) is 26.8. The molecule has 0 aliphatic heterocycles. The largest absolute Gasteiger partial charge is 0.510 e. The Balaban J connectivity index is 0.00000497. The third kappa shape index (κ3) is 7.68. The van der Waals surface area contributed by atoms with Crippen molar-refractivity contribution in [1.29, 1.82) is 0 Å². The normalized spacial score (nSPS) is 12.7. The molecule has 0 bridgehead atoms. The van der Waals surface area contributed by atoms with Gasteiger partial charge in [0.15, 0.2) is 0 Å². The SMILES string of the molecule is CC(C)(C)c1cc(-[n+]2[c-]n(-c3[c-]c(Oc4[c-]c5c(cc4)c4ccccc4n5-c4cc(C(C)(C)C)ccn4)ccc3)nc2C(C)(C)C)cc(C(C)(C)C)c1.[Pt]. The van der Waals surface area contributed by atoms with Gasteiger partial charge in [0.25, 0.3) is 0 Å². The molecule has 7 heteroatoms. The number of nitrogens with zero attached hydrogens (tertiary/aromatic N) is 5. The van der Waals surface area contributed by atoms with Crippen LogP contribution in [0.4, 0.5) is 0 Å². The number of rotatable bonds is 5. The Bertz CT molecular complexity index is 2450. The Labute approximate surface area is 335 Å². The molecule has 0 aliphatic carbocycles. The Morgan fingerprint density at radius 3 is 1.91 bits per heavy atom. The summed E-state index contributed by atoms with van der Waals surface area (Å²) in [7, 11) is 0. The van der Waals surface area contributed by atoms with Crippen molar-refractivity contribution in [2.75, 3.05) is 0 Å². The molecule has 0 aliphatic rings. The smallest absolute Gasteiger partial charge is 0.210 e. The van der Waals surface area contributed by atoms with Crippen molar-refractivity contribution in [2.45, 2.75) is 105 Å². The van der Waals surface area contributed by atoms with E-state index in [1.165, 1.54) is 16.7 Å². The molecule has 282 valence electrons. The van der Waals surface area contributed by atoms with Crippen LogP contribution in [0.25, 0.3) is 39.0 Å². The van der Waals surface area contributed by atoms with Crippen molar-refractivity contribution in [1.82, 2.24) is 19.3 Å². The molecule has 0 N–H and O–H groups in total. The van der Waals surface area contributed by atoms with Crippen LogP contribution in [0.15, 0.2) is 91.1 Å². The average Bonchev–Trinajstić information content (AvgIpc) is 3.68. The zero-order valence-electron chi connectivity index (χ0n) is 33.6. The van der Waals surface area contributed by atoms with Crippen LogP contribution in [0.1, 0.15) is 106 Å². The van der Waals surface area contributed by atoms with Gasteiger partial charge in [-0.3, -0.25) is 0 Å². The Hall–Kier alpha value is -4.54. The van der Waals surface area contributed by atoms with Gasteiger partial charge in [-0.2, -0.15) is 22.9 Å². The average molecular weight is 897 g/mol. The number of fused-ring (bicyclic) bond motifs is 3. The first-order chi connectivity index (χ1) is 24.8.